The predicted molar refractivity (Wildman–Crippen MR) is 199 cm³/mol. The lowest BCUT2D eigenvalue weighted by molar-refractivity contribution is 0.314. The summed E-state index contributed by atoms with van der Waals surface area (Å²) in [7, 11) is 4.48. The van der Waals surface area contributed by atoms with Crippen molar-refractivity contribution >= 4 is 0 Å². The fourth-order valence-electron chi connectivity index (χ4n) is 6.41. The van der Waals surface area contributed by atoms with E-state index in [2.05, 4.69) is 57.1 Å². The van der Waals surface area contributed by atoms with Crippen LogP contribution in [-0.4, -0.2) is 25.5 Å². The molecule has 1 unspecified atom stereocenters. The Bertz CT molecular complexity index is 547. The molecule has 1 atom stereocenters. The predicted octanol–water partition coefficient (Wildman–Crippen LogP) is 14.8. The highest BCUT2D eigenvalue weighted by Gasteiger charge is 2.09. The molecule has 0 bridgehead atoms. The van der Waals surface area contributed by atoms with Gasteiger partial charge >= 0.3 is 0 Å². The molecule has 0 saturated carbocycles. The molecule has 1 heteroatoms. The summed E-state index contributed by atoms with van der Waals surface area (Å²) in [6, 6.07) is 0. The first-order chi connectivity index (χ1) is 21.2. The molecule has 0 heterocycles. The van der Waals surface area contributed by atoms with Crippen LogP contribution in [0.15, 0.2) is 24.3 Å². The summed E-state index contributed by atoms with van der Waals surface area (Å²) in [6.07, 6.45) is 55.1. The van der Waals surface area contributed by atoms with Crippen molar-refractivity contribution in [3.8, 4) is 0 Å². The Morgan fingerprint density at radius 1 is 0.349 bits per heavy atom. The molecule has 0 spiro atoms. The molecule has 0 fully saturated rings. The number of hydrogen-bond donors (Lipinski definition) is 0. The van der Waals surface area contributed by atoms with Crippen LogP contribution in [0.4, 0.5) is 0 Å². The third-order valence-corrected chi connectivity index (χ3v) is 9.48. The Morgan fingerprint density at radius 2 is 0.628 bits per heavy atom. The molecule has 0 aromatic carbocycles. The highest BCUT2D eigenvalue weighted by molar-refractivity contribution is 4.82. The minimum Gasteiger partial charge on any atom is -0.309 e. The van der Waals surface area contributed by atoms with E-state index in [1.165, 1.54) is 212 Å². The van der Waals surface area contributed by atoms with E-state index >= 15 is 0 Å². The summed E-state index contributed by atoms with van der Waals surface area (Å²) < 4.78 is 0. The number of hydrogen-bond acceptors (Lipinski definition) is 1. The van der Waals surface area contributed by atoms with Gasteiger partial charge in [-0.1, -0.05) is 186 Å². The van der Waals surface area contributed by atoms with E-state index in [4.69, 9.17) is 0 Å². The van der Waals surface area contributed by atoms with Gasteiger partial charge in [-0.2, -0.15) is 0 Å². The Hall–Kier alpha value is -0.560. The van der Waals surface area contributed by atoms with Gasteiger partial charge in [0, 0.05) is 0 Å². The van der Waals surface area contributed by atoms with E-state index in [0.717, 1.165) is 5.92 Å². The van der Waals surface area contributed by atoms with Gasteiger partial charge in [0.1, 0.15) is 0 Å². The highest BCUT2D eigenvalue weighted by Crippen LogP contribution is 2.22. The van der Waals surface area contributed by atoms with Crippen molar-refractivity contribution in [1.29, 1.82) is 0 Å². The lowest BCUT2D eigenvalue weighted by Crippen LogP contribution is -2.17. The third-order valence-electron chi connectivity index (χ3n) is 9.48. The van der Waals surface area contributed by atoms with Crippen LogP contribution in [0.25, 0.3) is 0 Å². The van der Waals surface area contributed by atoms with Crippen LogP contribution >= 0.6 is 0 Å². The summed E-state index contributed by atoms with van der Waals surface area (Å²) in [5, 5.41) is 0. The highest BCUT2D eigenvalue weighted by atomic mass is 15.0. The maximum atomic E-state index is 2.46. The molecule has 0 radical (unpaired) electrons. The fraction of sp³-hybridized carbons (Fsp3) is 0.905. The van der Waals surface area contributed by atoms with Gasteiger partial charge in [-0.05, 0) is 84.3 Å². The molecular formula is C42H83N. The quantitative estimate of drug-likeness (QED) is 0.0510. The monoisotopic (exact) mass is 602 g/mol. The van der Waals surface area contributed by atoms with Crippen LogP contribution in [-0.2, 0) is 0 Å². The largest absolute Gasteiger partial charge is 0.309 e. The van der Waals surface area contributed by atoms with Crippen LogP contribution in [0, 0.1) is 5.92 Å². The molecule has 256 valence electrons. The van der Waals surface area contributed by atoms with Crippen molar-refractivity contribution in [2.24, 2.45) is 5.92 Å². The average molecular weight is 602 g/mol. The lowest BCUT2D eigenvalue weighted by Gasteiger charge is -2.19. The van der Waals surface area contributed by atoms with Gasteiger partial charge in [0.2, 0.25) is 0 Å². The molecule has 0 aromatic rings. The topological polar surface area (TPSA) is 3.24 Å². The molecule has 0 amide bonds. The molecule has 0 N–H and O–H groups in total. The summed E-state index contributed by atoms with van der Waals surface area (Å²) in [5.74, 6) is 0.960. The molecule has 0 aliphatic rings. The average Bonchev–Trinajstić information content (AvgIpc) is 3.00. The molecule has 0 aliphatic heterocycles. The van der Waals surface area contributed by atoms with Crippen LogP contribution in [0.1, 0.15) is 219 Å². The van der Waals surface area contributed by atoms with Gasteiger partial charge in [0.05, 0.1) is 0 Å². The molecule has 0 aliphatic carbocycles. The summed E-state index contributed by atoms with van der Waals surface area (Å²) in [4.78, 5) is 2.39. The smallest absolute Gasteiger partial charge is 0.00222 e. The van der Waals surface area contributed by atoms with Crippen molar-refractivity contribution in [2.45, 2.75) is 219 Å². The molecule has 0 rings (SSSR count). The van der Waals surface area contributed by atoms with Crippen molar-refractivity contribution in [3.63, 3.8) is 0 Å². The van der Waals surface area contributed by atoms with Crippen molar-refractivity contribution < 1.29 is 0 Å². The summed E-state index contributed by atoms with van der Waals surface area (Å²) in [5.41, 5.74) is 0. The fourth-order valence-corrected chi connectivity index (χ4v) is 6.41. The van der Waals surface area contributed by atoms with Gasteiger partial charge in [0.25, 0.3) is 0 Å². The van der Waals surface area contributed by atoms with Gasteiger partial charge in [-0.3, -0.25) is 0 Å². The van der Waals surface area contributed by atoms with E-state index in [1.54, 1.807) is 0 Å². The zero-order chi connectivity index (χ0) is 31.3. The first-order valence-corrected chi connectivity index (χ1v) is 20.1. The standard InChI is InChI=1S/C42H83N/c1-5-7-9-11-13-15-17-19-21-23-25-27-29-31-33-35-37-39-42(40-41-43(3)4)38-36-34-32-30-28-26-24-22-20-18-16-14-12-10-8-6-2/h19-22,42H,5-18,23-41H2,1-4H3/b21-19-,22-20-. The van der Waals surface area contributed by atoms with Gasteiger partial charge in [0.15, 0.2) is 0 Å². The Morgan fingerprint density at radius 3 is 0.930 bits per heavy atom. The number of allylic oxidation sites excluding steroid dienone is 4. The molecule has 43 heavy (non-hydrogen) atoms. The van der Waals surface area contributed by atoms with E-state index in [0.29, 0.717) is 0 Å². The zero-order valence-electron chi connectivity index (χ0n) is 30.7. The molecule has 0 saturated heterocycles. The minimum absolute atomic E-state index is 0.960. The van der Waals surface area contributed by atoms with Gasteiger partial charge in [-0.25, -0.2) is 0 Å². The second kappa shape index (κ2) is 37.6. The molecular weight excluding hydrogens is 518 g/mol. The second-order valence-corrected chi connectivity index (χ2v) is 14.3. The number of nitrogens with zero attached hydrogens (tertiary/aromatic N) is 1. The van der Waals surface area contributed by atoms with Crippen LogP contribution in [0.3, 0.4) is 0 Å². The maximum absolute atomic E-state index is 2.46. The van der Waals surface area contributed by atoms with Crippen molar-refractivity contribution in [1.82, 2.24) is 4.90 Å². The van der Waals surface area contributed by atoms with Crippen LogP contribution in [0.5, 0.6) is 0 Å². The lowest BCUT2D eigenvalue weighted by atomic mass is 9.91. The van der Waals surface area contributed by atoms with Crippen molar-refractivity contribution in [2.75, 3.05) is 20.6 Å². The van der Waals surface area contributed by atoms with E-state index in [1.807, 2.05) is 0 Å². The van der Waals surface area contributed by atoms with Gasteiger partial charge in [-0.15, -0.1) is 0 Å². The van der Waals surface area contributed by atoms with Crippen molar-refractivity contribution in [3.05, 3.63) is 24.3 Å². The SMILES string of the molecule is CCCCCCCC/C=C\CCCCCCCCCC(CCCCCCCC/C=C\CCCCCCCC)CCN(C)C. The van der Waals surface area contributed by atoms with E-state index < -0.39 is 0 Å². The second-order valence-electron chi connectivity index (χ2n) is 14.3. The summed E-state index contributed by atoms with van der Waals surface area (Å²) >= 11 is 0. The number of unbranched alkanes of at least 4 members (excludes halogenated alkanes) is 25. The Kier molecular flexibility index (Phi) is 37.1. The molecule has 0 aromatic heterocycles. The first-order valence-electron chi connectivity index (χ1n) is 20.1. The first kappa shape index (κ1) is 42.4. The Balaban J connectivity index is 3.62. The zero-order valence-corrected chi connectivity index (χ0v) is 30.7. The number of rotatable bonds is 36. The van der Waals surface area contributed by atoms with Gasteiger partial charge < -0.3 is 4.90 Å². The third kappa shape index (κ3) is 37.5. The normalized spacial score (nSPS) is 12.9. The van der Waals surface area contributed by atoms with E-state index in [9.17, 15) is 0 Å². The maximum Gasteiger partial charge on any atom is -0.00222 e. The minimum atomic E-state index is 0.960. The molecule has 1 nitrogen and oxygen atoms in total. The van der Waals surface area contributed by atoms with Crippen LogP contribution in [0.2, 0.25) is 0 Å². The van der Waals surface area contributed by atoms with E-state index in [-0.39, 0.29) is 0 Å². The summed E-state index contributed by atoms with van der Waals surface area (Å²) in [6.45, 7) is 5.87. The van der Waals surface area contributed by atoms with Crippen LogP contribution < -0.4 is 0 Å². The Labute approximate surface area is 274 Å².